The van der Waals surface area contributed by atoms with E-state index >= 15 is 0 Å². The van der Waals surface area contributed by atoms with E-state index < -0.39 is 4.92 Å². The van der Waals surface area contributed by atoms with Gasteiger partial charge in [-0.25, -0.2) is 0 Å². The van der Waals surface area contributed by atoms with Gasteiger partial charge in [-0.15, -0.1) is 0 Å². The maximum Gasteiger partial charge on any atom is 0.392 e. The molecule has 1 aromatic rings. The Morgan fingerprint density at radius 2 is 1.73 bits per heavy atom. The lowest BCUT2D eigenvalue weighted by Gasteiger charge is -2.06. The Morgan fingerprint density at radius 1 is 1.27 bits per heavy atom. The van der Waals surface area contributed by atoms with E-state index in [9.17, 15) is 10.1 Å². The largest absolute Gasteiger partial charge is 0.476 e. The van der Waals surface area contributed by atoms with E-state index in [1.807, 2.05) is 0 Å². The topological polar surface area (TPSA) is 99.4 Å². The first-order valence-corrected chi connectivity index (χ1v) is 3.96. The van der Waals surface area contributed by atoms with Crippen LogP contribution in [0.3, 0.4) is 0 Å². The molecule has 0 bridgehead atoms. The van der Waals surface area contributed by atoms with Crippen molar-refractivity contribution in [2.24, 2.45) is 0 Å². The summed E-state index contributed by atoms with van der Waals surface area (Å²) in [5.74, 6) is -0.0956. The summed E-state index contributed by atoms with van der Waals surface area (Å²) in [6, 6.07) is 0. The fourth-order valence-electron chi connectivity index (χ4n) is 0.967. The third kappa shape index (κ3) is 2.03. The van der Waals surface area contributed by atoms with Crippen molar-refractivity contribution in [2.45, 2.75) is 0 Å². The Bertz CT molecular complexity index is 356. The highest BCUT2D eigenvalue weighted by molar-refractivity contribution is 5.53. The van der Waals surface area contributed by atoms with Gasteiger partial charge in [-0.1, -0.05) is 0 Å². The van der Waals surface area contributed by atoms with Crippen LogP contribution >= 0.6 is 0 Å². The van der Waals surface area contributed by atoms with Crippen molar-refractivity contribution in [3.05, 3.63) is 10.1 Å². The van der Waals surface area contributed by atoms with Gasteiger partial charge in [-0.2, -0.15) is 9.97 Å². The monoisotopic (exact) mass is 214 g/mol. The minimum Gasteiger partial charge on any atom is -0.476 e. The quantitative estimate of drug-likeness (QED) is 0.573. The lowest BCUT2D eigenvalue weighted by Crippen LogP contribution is -2.05. The van der Waals surface area contributed by atoms with E-state index in [2.05, 4.69) is 15.3 Å². The maximum absolute atomic E-state index is 10.7. The van der Waals surface area contributed by atoms with Crippen molar-refractivity contribution in [1.82, 2.24) is 9.97 Å². The summed E-state index contributed by atoms with van der Waals surface area (Å²) in [6.45, 7) is 0. The Morgan fingerprint density at radius 3 is 2.00 bits per heavy atom. The van der Waals surface area contributed by atoms with Crippen molar-refractivity contribution in [3.63, 3.8) is 0 Å². The Labute approximate surface area is 85.4 Å². The first kappa shape index (κ1) is 11.0. The van der Waals surface area contributed by atoms with Crippen LogP contribution in [0.1, 0.15) is 0 Å². The van der Waals surface area contributed by atoms with E-state index in [0.29, 0.717) is 0 Å². The molecule has 0 aromatic carbocycles. The summed E-state index contributed by atoms with van der Waals surface area (Å²) in [4.78, 5) is 17.6. The Kier molecular flexibility index (Phi) is 3.21. The molecule has 0 saturated heterocycles. The van der Waals surface area contributed by atoms with Crippen LogP contribution in [-0.2, 0) is 0 Å². The Balaban J connectivity index is 3.39. The molecule has 82 valence electrons. The molecule has 0 spiro atoms. The van der Waals surface area contributed by atoms with Crippen LogP contribution in [0.5, 0.6) is 11.8 Å². The van der Waals surface area contributed by atoms with Gasteiger partial charge in [0.05, 0.1) is 19.1 Å². The predicted octanol–water partition coefficient (Wildman–Crippen LogP) is 0.444. The highest BCUT2D eigenvalue weighted by Gasteiger charge is 2.26. The number of hydrogen-bond acceptors (Lipinski definition) is 7. The van der Waals surface area contributed by atoms with Gasteiger partial charge in [-0.3, -0.25) is 10.1 Å². The SMILES string of the molecule is CNc1nc(OC)c([N+](=O)[O-])c(OC)n1. The second-order valence-corrected chi connectivity index (χ2v) is 2.42. The van der Waals surface area contributed by atoms with Gasteiger partial charge in [0.25, 0.3) is 0 Å². The van der Waals surface area contributed by atoms with Crippen LogP contribution in [0.4, 0.5) is 11.6 Å². The molecule has 0 fully saturated rings. The fourth-order valence-corrected chi connectivity index (χ4v) is 0.967. The molecule has 0 radical (unpaired) electrons. The minimum atomic E-state index is -0.656. The molecule has 0 aliphatic heterocycles. The second kappa shape index (κ2) is 4.40. The zero-order valence-corrected chi connectivity index (χ0v) is 8.47. The number of nitrogens with one attached hydrogen (secondary N) is 1. The van der Waals surface area contributed by atoms with Gasteiger partial charge in [0.2, 0.25) is 5.95 Å². The molecular formula is C7H10N4O4. The van der Waals surface area contributed by atoms with E-state index in [1.165, 1.54) is 14.2 Å². The third-order valence-electron chi connectivity index (χ3n) is 1.61. The summed E-state index contributed by atoms with van der Waals surface area (Å²) in [7, 11) is 4.16. The van der Waals surface area contributed by atoms with Crippen molar-refractivity contribution < 1.29 is 14.4 Å². The molecule has 0 atom stereocenters. The van der Waals surface area contributed by atoms with Crippen LogP contribution in [0.25, 0.3) is 0 Å². The highest BCUT2D eigenvalue weighted by Crippen LogP contribution is 2.33. The van der Waals surface area contributed by atoms with E-state index in [-0.39, 0.29) is 23.4 Å². The molecule has 8 nitrogen and oxygen atoms in total. The third-order valence-corrected chi connectivity index (χ3v) is 1.61. The fraction of sp³-hybridized carbons (Fsp3) is 0.429. The van der Waals surface area contributed by atoms with Crippen LogP contribution in [0.15, 0.2) is 0 Å². The summed E-state index contributed by atoms with van der Waals surface area (Å²) < 4.78 is 9.56. The molecule has 0 aliphatic rings. The van der Waals surface area contributed by atoms with Gasteiger partial charge in [-0.05, 0) is 0 Å². The summed E-state index contributed by atoms with van der Waals surface area (Å²) in [5.41, 5.74) is -0.390. The molecule has 1 rings (SSSR count). The lowest BCUT2D eigenvalue weighted by atomic mass is 10.5. The standard InChI is InChI=1S/C7H10N4O4/c1-8-7-9-5(14-2)4(11(12)13)6(10-7)15-3/h1-3H3,(H,8,9,10). The van der Waals surface area contributed by atoms with Crippen molar-refractivity contribution in [2.75, 3.05) is 26.6 Å². The molecule has 0 aliphatic carbocycles. The first-order chi connectivity index (χ1) is 7.13. The second-order valence-electron chi connectivity index (χ2n) is 2.42. The molecule has 15 heavy (non-hydrogen) atoms. The zero-order chi connectivity index (χ0) is 11.4. The minimum absolute atomic E-state index is 0.142. The summed E-state index contributed by atoms with van der Waals surface area (Å²) in [5, 5.41) is 13.3. The van der Waals surface area contributed by atoms with Gasteiger partial charge >= 0.3 is 17.4 Å². The van der Waals surface area contributed by atoms with Crippen molar-refractivity contribution >= 4 is 11.6 Å². The molecule has 8 heteroatoms. The van der Waals surface area contributed by atoms with Gasteiger partial charge in [0, 0.05) is 7.05 Å². The maximum atomic E-state index is 10.7. The normalized spacial score (nSPS) is 9.53. The average molecular weight is 214 g/mol. The molecule has 0 unspecified atom stereocenters. The summed E-state index contributed by atoms with van der Waals surface area (Å²) in [6.07, 6.45) is 0. The summed E-state index contributed by atoms with van der Waals surface area (Å²) >= 11 is 0. The molecular weight excluding hydrogens is 204 g/mol. The van der Waals surface area contributed by atoms with Crippen molar-refractivity contribution in [1.29, 1.82) is 0 Å². The number of anilines is 1. The number of ether oxygens (including phenoxy) is 2. The van der Waals surface area contributed by atoms with Crippen LogP contribution in [0, 0.1) is 10.1 Å². The first-order valence-electron chi connectivity index (χ1n) is 3.96. The predicted molar refractivity (Wildman–Crippen MR) is 51.3 cm³/mol. The van der Waals surface area contributed by atoms with Crippen LogP contribution < -0.4 is 14.8 Å². The van der Waals surface area contributed by atoms with Gasteiger partial charge < -0.3 is 14.8 Å². The van der Waals surface area contributed by atoms with E-state index in [1.54, 1.807) is 7.05 Å². The lowest BCUT2D eigenvalue weighted by molar-refractivity contribution is -0.387. The van der Waals surface area contributed by atoms with Gasteiger partial charge in [0.15, 0.2) is 0 Å². The molecule has 0 saturated carbocycles. The number of methoxy groups -OCH3 is 2. The van der Waals surface area contributed by atoms with Crippen LogP contribution in [-0.4, -0.2) is 36.2 Å². The van der Waals surface area contributed by atoms with Crippen LogP contribution in [0.2, 0.25) is 0 Å². The number of aromatic nitrogens is 2. The zero-order valence-electron chi connectivity index (χ0n) is 8.47. The molecule has 1 aromatic heterocycles. The van der Waals surface area contributed by atoms with E-state index in [4.69, 9.17) is 9.47 Å². The number of rotatable bonds is 4. The number of nitro groups is 1. The highest BCUT2D eigenvalue weighted by atomic mass is 16.6. The average Bonchev–Trinajstić information content (AvgIpc) is 2.26. The number of hydrogen-bond donors (Lipinski definition) is 1. The van der Waals surface area contributed by atoms with E-state index in [0.717, 1.165) is 0 Å². The van der Waals surface area contributed by atoms with Gasteiger partial charge in [0.1, 0.15) is 0 Å². The molecule has 1 heterocycles. The van der Waals surface area contributed by atoms with Crippen molar-refractivity contribution in [3.8, 4) is 11.8 Å². The molecule has 0 amide bonds. The Hall–Kier alpha value is -2.12. The smallest absolute Gasteiger partial charge is 0.392 e. The molecule has 1 N–H and O–H groups in total. The number of nitrogens with zero attached hydrogens (tertiary/aromatic N) is 3.